The molecular formula is C115H82N6O2. The van der Waals surface area contributed by atoms with Crippen LogP contribution in [0.15, 0.2) is 397 Å². The molecule has 0 radical (unpaired) electrons. The van der Waals surface area contributed by atoms with Crippen molar-refractivity contribution in [1.29, 1.82) is 0 Å². The van der Waals surface area contributed by atoms with Crippen molar-refractivity contribution >= 4 is 90.0 Å². The molecule has 0 amide bonds. The molecule has 0 saturated carbocycles. The molecule has 2 atom stereocenters. The van der Waals surface area contributed by atoms with E-state index in [1.807, 2.05) is 12.1 Å². The van der Waals surface area contributed by atoms with Gasteiger partial charge in [-0.3, -0.25) is 0 Å². The SMILES string of the molecule is CC1(Cc2cccc(-c3cc(-c4ccccc4)nc(-c4cccc5oc6cc(C7=CCC(N(c8ccccc8)c8ccc(-c9ccccc9)cc8)C=C7)c7c(c6c45)C=CCC7)n3)c2)c2ccccc2-c2ccc(N(c3ccccc3)c3cccc(-c4cc5oc6cccc(-c7nc(-c8ccccc8)cc(-c8ccccc8)n7)c6c5c5c4CCC=C5)c3)cc21. The Morgan fingerprint density at radius 3 is 1.36 bits per heavy atom. The lowest BCUT2D eigenvalue weighted by Crippen LogP contribution is -2.30. The second-order valence-electron chi connectivity index (χ2n) is 33.0. The predicted molar refractivity (Wildman–Crippen MR) is 508 cm³/mol. The van der Waals surface area contributed by atoms with Crippen LogP contribution >= 0.6 is 0 Å². The van der Waals surface area contributed by atoms with E-state index in [-0.39, 0.29) is 6.04 Å². The smallest absolute Gasteiger partial charge is 0.161 e. The van der Waals surface area contributed by atoms with E-state index in [2.05, 4.69) is 405 Å². The molecule has 15 aromatic carbocycles. The first-order chi connectivity index (χ1) is 60.8. The van der Waals surface area contributed by atoms with Crippen molar-refractivity contribution < 1.29 is 8.83 Å². The molecule has 4 aliphatic rings. The summed E-state index contributed by atoms with van der Waals surface area (Å²) < 4.78 is 14.2. The zero-order valence-electron chi connectivity index (χ0n) is 67.9. The van der Waals surface area contributed by atoms with Gasteiger partial charge in [0.25, 0.3) is 0 Å². The Morgan fingerprint density at radius 1 is 0.325 bits per heavy atom. The fraction of sp³-hybridized carbons (Fsp3) is 0.0783. The van der Waals surface area contributed by atoms with Crippen molar-refractivity contribution in [3.05, 3.63) is 433 Å². The Kier molecular flexibility index (Phi) is 18.0. The lowest BCUT2D eigenvalue weighted by atomic mass is 9.75. The Morgan fingerprint density at radius 2 is 0.772 bits per heavy atom. The van der Waals surface area contributed by atoms with Gasteiger partial charge in [0.05, 0.1) is 28.8 Å². The summed E-state index contributed by atoms with van der Waals surface area (Å²) >= 11 is 0. The van der Waals surface area contributed by atoms with Crippen LogP contribution in [0.1, 0.15) is 70.7 Å². The molecule has 19 aromatic rings. The van der Waals surface area contributed by atoms with E-state index >= 15 is 0 Å². The molecule has 0 aliphatic heterocycles. The van der Waals surface area contributed by atoms with Gasteiger partial charge >= 0.3 is 0 Å². The Bertz CT molecular complexity index is 7440. The van der Waals surface area contributed by atoms with Gasteiger partial charge in [-0.05, 0) is 225 Å². The highest BCUT2D eigenvalue weighted by molar-refractivity contribution is 6.18. The average molecular weight is 1580 g/mol. The number of hydrogen-bond donors (Lipinski definition) is 0. The Labute approximate surface area is 714 Å². The van der Waals surface area contributed by atoms with Gasteiger partial charge in [-0.15, -0.1) is 0 Å². The van der Waals surface area contributed by atoms with Gasteiger partial charge in [0.15, 0.2) is 11.6 Å². The summed E-state index contributed by atoms with van der Waals surface area (Å²) in [5.41, 5.74) is 36.1. The number of para-hydroxylation sites is 2. The van der Waals surface area contributed by atoms with Crippen LogP contribution in [-0.4, -0.2) is 26.0 Å². The van der Waals surface area contributed by atoms with E-state index in [4.69, 9.17) is 28.8 Å². The highest BCUT2D eigenvalue weighted by atomic mass is 16.3. The van der Waals surface area contributed by atoms with E-state index in [9.17, 15) is 0 Å². The maximum Gasteiger partial charge on any atom is 0.161 e. The van der Waals surface area contributed by atoms with Crippen LogP contribution in [-0.2, 0) is 24.7 Å². The molecule has 4 aliphatic carbocycles. The van der Waals surface area contributed by atoms with Gasteiger partial charge in [0, 0.05) is 88.8 Å². The second kappa shape index (κ2) is 30.5. The van der Waals surface area contributed by atoms with Crippen LogP contribution in [0.25, 0.3) is 163 Å². The van der Waals surface area contributed by atoms with Gasteiger partial charge < -0.3 is 18.6 Å². The van der Waals surface area contributed by atoms with Gasteiger partial charge in [-0.2, -0.15) is 0 Å². The van der Waals surface area contributed by atoms with E-state index in [1.54, 1.807) is 0 Å². The third-order valence-electron chi connectivity index (χ3n) is 25.6. The van der Waals surface area contributed by atoms with Gasteiger partial charge in [-0.25, -0.2) is 19.9 Å². The minimum absolute atomic E-state index is 0.103. The molecule has 23 rings (SSSR count). The third-order valence-corrected chi connectivity index (χ3v) is 25.6. The number of furan rings is 2. The normalized spacial score (nSPS) is 15.0. The number of fused-ring (bicyclic) bond motifs is 13. The summed E-state index contributed by atoms with van der Waals surface area (Å²) in [5, 5.41) is 4.20. The number of rotatable bonds is 17. The van der Waals surface area contributed by atoms with E-state index in [0.29, 0.717) is 11.6 Å². The van der Waals surface area contributed by atoms with E-state index < -0.39 is 5.41 Å². The molecule has 0 bridgehead atoms. The molecule has 0 spiro atoms. The van der Waals surface area contributed by atoms with Gasteiger partial charge in [0.1, 0.15) is 22.3 Å². The van der Waals surface area contributed by atoms with E-state index in [1.165, 1.54) is 72.3 Å². The Hall–Kier alpha value is -15.4. The number of aromatic nitrogens is 4. The zero-order valence-corrected chi connectivity index (χ0v) is 67.9. The summed E-state index contributed by atoms with van der Waals surface area (Å²) in [6.45, 7) is 2.45. The molecule has 0 N–H and O–H groups in total. The summed E-state index contributed by atoms with van der Waals surface area (Å²) in [5.74, 6) is 1.30. The fourth-order valence-corrected chi connectivity index (χ4v) is 19.9. The standard InChI is InChI=1S/C115H82N6O2/c1-115(73-74-30-26-40-82(66-74)104-72-103(80-37-14-5-15-38-80)118-114(119-104)96-52-29-54-105-112(96)109-93-49-22-20-46-89(93)97(69-107(109)122-105)77-58-62-86(63-59-77)120(83-41-16-6-17-42-83)85-60-56-76(57-61-85)75-31-8-2-9-32-75)99-53-25-24-48-91(99)92-65-64-88(68-100(92)115)121(84-43-18-7-19-44-84)87-45-27-39-81(67-87)98-70-108-110(94-50-23-21-47-90(94)98)111-95(51-28-55-106(111)123-108)113-116-101(78-33-10-3-11-34-78)71-102(117-113)79-35-12-4-13-36-79/h2-19,22-45,48-62,64-72,86H,20-21,46-47,63,73H2,1H3. The van der Waals surface area contributed by atoms with E-state index in [0.717, 1.165) is 178 Å². The molecule has 8 heteroatoms. The lowest BCUT2D eigenvalue weighted by molar-refractivity contribution is 0.583. The maximum atomic E-state index is 7.09. The summed E-state index contributed by atoms with van der Waals surface area (Å²) in [7, 11) is 0. The minimum atomic E-state index is -0.440. The molecular weight excluding hydrogens is 1500 g/mol. The van der Waals surface area contributed by atoms with Crippen molar-refractivity contribution in [2.24, 2.45) is 0 Å². The second-order valence-corrected chi connectivity index (χ2v) is 33.0. The number of allylic oxidation sites excluding steroid dienone is 4. The van der Waals surface area contributed by atoms with Crippen molar-refractivity contribution in [2.75, 3.05) is 9.80 Å². The van der Waals surface area contributed by atoms with Crippen LogP contribution in [0.5, 0.6) is 0 Å². The number of hydrogen-bond acceptors (Lipinski definition) is 8. The van der Waals surface area contributed by atoms with Crippen molar-refractivity contribution in [3.63, 3.8) is 0 Å². The van der Waals surface area contributed by atoms with Crippen LogP contribution in [0, 0.1) is 0 Å². The monoisotopic (exact) mass is 1580 g/mol. The molecule has 4 aromatic heterocycles. The summed E-state index contributed by atoms with van der Waals surface area (Å²) in [4.78, 5) is 26.8. The quantitative estimate of drug-likeness (QED) is 0.0892. The topological polar surface area (TPSA) is 84.3 Å². The van der Waals surface area contributed by atoms with Gasteiger partial charge in [-0.1, -0.05) is 304 Å². The maximum absolute atomic E-state index is 7.09. The first-order valence-electron chi connectivity index (χ1n) is 42.8. The molecule has 4 heterocycles. The Balaban J connectivity index is 0.585. The molecule has 8 nitrogen and oxygen atoms in total. The molecule has 0 fully saturated rings. The first kappa shape index (κ1) is 72.8. The highest BCUT2D eigenvalue weighted by Crippen LogP contribution is 2.54. The lowest BCUT2D eigenvalue weighted by Gasteiger charge is -2.33. The number of anilines is 5. The first-order valence-corrected chi connectivity index (χ1v) is 42.8. The van der Waals surface area contributed by atoms with Crippen molar-refractivity contribution in [2.45, 2.75) is 56.9 Å². The molecule has 123 heavy (non-hydrogen) atoms. The number of nitrogens with zero attached hydrogens (tertiary/aromatic N) is 6. The zero-order chi connectivity index (χ0) is 81.5. The largest absolute Gasteiger partial charge is 0.456 e. The number of benzene rings is 15. The molecule has 0 saturated heterocycles. The minimum Gasteiger partial charge on any atom is -0.456 e. The van der Waals surface area contributed by atoms with Crippen LogP contribution in [0.3, 0.4) is 0 Å². The summed E-state index contributed by atoms with van der Waals surface area (Å²) in [6.07, 6.45) is 21.7. The van der Waals surface area contributed by atoms with Gasteiger partial charge in [0.2, 0.25) is 0 Å². The molecule has 2 unspecified atom stereocenters. The van der Waals surface area contributed by atoms with Crippen LogP contribution in [0.2, 0.25) is 0 Å². The average Bonchev–Trinajstić information content (AvgIpc) is 1.60. The van der Waals surface area contributed by atoms with Crippen LogP contribution < -0.4 is 9.80 Å². The molecule has 584 valence electrons. The van der Waals surface area contributed by atoms with Crippen LogP contribution in [0.4, 0.5) is 28.4 Å². The third kappa shape index (κ3) is 13.0. The highest BCUT2D eigenvalue weighted by Gasteiger charge is 2.41. The fourth-order valence-electron chi connectivity index (χ4n) is 19.9. The van der Waals surface area contributed by atoms with Crippen molar-refractivity contribution in [3.8, 4) is 101 Å². The predicted octanol–water partition coefficient (Wildman–Crippen LogP) is 29.9. The summed E-state index contributed by atoms with van der Waals surface area (Å²) in [6, 6.07) is 129. The van der Waals surface area contributed by atoms with Crippen molar-refractivity contribution in [1.82, 2.24) is 19.9 Å².